The van der Waals surface area contributed by atoms with Crippen molar-refractivity contribution < 1.29 is 0 Å². The fourth-order valence-electron chi connectivity index (χ4n) is 2.45. The van der Waals surface area contributed by atoms with Crippen LogP contribution in [0.5, 0.6) is 0 Å². The molecule has 2 unspecified atom stereocenters. The zero-order valence-electron chi connectivity index (χ0n) is 15.2. The molecule has 0 amide bonds. The highest BCUT2D eigenvalue weighted by Gasteiger charge is 2.18. The van der Waals surface area contributed by atoms with Crippen molar-refractivity contribution in [1.29, 1.82) is 0 Å². The third kappa shape index (κ3) is 9.77. The molecule has 0 fully saturated rings. The van der Waals surface area contributed by atoms with Crippen molar-refractivity contribution in [3.8, 4) is 0 Å². The van der Waals surface area contributed by atoms with Gasteiger partial charge in [0.05, 0.1) is 0 Å². The Morgan fingerprint density at radius 2 is 1.35 bits per heavy atom. The summed E-state index contributed by atoms with van der Waals surface area (Å²) in [6, 6.07) is 0.643. The van der Waals surface area contributed by atoms with E-state index in [9.17, 15) is 0 Å². The van der Waals surface area contributed by atoms with E-state index in [1.165, 1.54) is 38.9 Å². The van der Waals surface area contributed by atoms with E-state index < -0.39 is 0 Å². The molecule has 0 rings (SSSR count). The first-order chi connectivity index (χ1) is 9.40. The number of nitrogens with one attached hydrogen (secondary N) is 1. The van der Waals surface area contributed by atoms with Gasteiger partial charge in [0, 0.05) is 12.6 Å². The molecular weight excluding hydrogens is 244 g/mol. The second-order valence-electron chi connectivity index (χ2n) is 7.22. The number of hydrogen-bond donors (Lipinski definition) is 1. The second kappa shape index (κ2) is 11.6. The summed E-state index contributed by atoms with van der Waals surface area (Å²) >= 11 is 0. The van der Waals surface area contributed by atoms with E-state index >= 15 is 0 Å². The van der Waals surface area contributed by atoms with Crippen LogP contribution in [-0.2, 0) is 0 Å². The molecular formula is C18H40N2. The largest absolute Gasteiger partial charge is 0.313 e. The van der Waals surface area contributed by atoms with Crippen molar-refractivity contribution in [2.75, 3.05) is 26.2 Å². The molecule has 0 aliphatic heterocycles. The van der Waals surface area contributed by atoms with Gasteiger partial charge in [-0.1, -0.05) is 54.9 Å². The standard InChI is InChI=1S/C18H40N2/c1-8-17(7)18(19-9-2)14-20(12-10-15(3)4)13-11-16(5)6/h15-19H,8-14H2,1-7H3. The Morgan fingerprint density at radius 1 is 0.850 bits per heavy atom. The summed E-state index contributed by atoms with van der Waals surface area (Å²) in [5.41, 5.74) is 0. The van der Waals surface area contributed by atoms with Crippen LogP contribution in [0.2, 0.25) is 0 Å². The maximum Gasteiger partial charge on any atom is 0.0220 e. The molecule has 0 radical (unpaired) electrons. The van der Waals surface area contributed by atoms with E-state index in [4.69, 9.17) is 0 Å². The lowest BCUT2D eigenvalue weighted by Gasteiger charge is -2.32. The Morgan fingerprint density at radius 3 is 1.70 bits per heavy atom. The maximum absolute atomic E-state index is 3.70. The molecule has 20 heavy (non-hydrogen) atoms. The smallest absolute Gasteiger partial charge is 0.0220 e. The lowest BCUT2D eigenvalue weighted by molar-refractivity contribution is 0.194. The SMILES string of the molecule is CCNC(CN(CCC(C)C)CCC(C)C)C(C)CC. The van der Waals surface area contributed by atoms with Crippen LogP contribution in [0, 0.1) is 17.8 Å². The Kier molecular flexibility index (Phi) is 11.5. The van der Waals surface area contributed by atoms with Crippen LogP contribution >= 0.6 is 0 Å². The minimum Gasteiger partial charge on any atom is -0.313 e. The molecule has 0 bridgehead atoms. The highest BCUT2D eigenvalue weighted by atomic mass is 15.1. The van der Waals surface area contributed by atoms with Crippen molar-refractivity contribution in [2.24, 2.45) is 17.8 Å². The van der Waals surface area contributed by atoms with E-state index in [0.717, 1.165) is 24.3 Å². The third-order valence-electron chi connectivity index (χ3n) is 4.30. The van der Waals surface area contributed by atoms with Crippen molar-refractivity contribution in [2.45, 2.75) is 73.8 Å². The van der Waals surface area contributed by atoms with Gasteiger partial charge in [0.15, 0.2) is 0 Å². The average Bonchev–Trinajstić information content (AvgIpc) is 2.39. The van der Waals surface area contributed by atoms with Gasteiger partial charge in [0.25, 0.3) is 0 Å². The number of rotatable bonds is 12. The zero-order chi connectivity index (χ0) is 15.5. The monoisotopic (exact) mass is 284 g/mol. The first-order valence-electron chi connectivity index (χ1n) is 8.86. The average molecular weight is 285 g/mol. The van der Waals surface area contributed by atoms with Gasteiger partial charge in [0.1, 0.15) is 0 Å². The summed E-state index contributed by atoms with van der Waals surface area (Å²) in [6.07, 6.45) is 3.90. The van der Waals surface area contributed by atoms with Gasteiger partial charge in [-0.25, -0.2) is 0 Å². The first-order valence-corrected chi connectivity index (χ1v) is 8.86. The Labute approximate surface area is 128 Å². The summed E-state index contributed by atoms with van der Waals surface area (Å²) in [7, 11) is 0. The molecule has 1 N–H and O–H groups in total. The van der Waals surface area contributed by atoms with Gasteiger partial charge in [-0.05, 0) is 50.2 Å². The number of nitrogens with zero attached hydrogens (tertiary/aromatic N) is 1. The van der Waals surface area contributed by atoms with Crippen LogP contribution < -0.4 is 5.32 Å². The normalized spacial score (nSPS) is 15.3. The topological polar surface area (TPSA) is 15.3 Å². The molecule has 0 aliphatic rings. The quantitative estimate of drug-likeness (QED) is 0.571. The van der Waals surface area contributed by atoms with Gasteiger partial charge in [-0.2, -0.15) is 0 Å². The second-order valence-corrected chi connectivity index (χ2v) is 7.22. The van der Waals surface area contributed by atoms with Crippen LogP contribution in [0.1, 0.15) is 67.7 Å². The Hall–Kier alpha value is -0.0800. The van der Waals surface area contributed by atoms with Crippen molar-refractivity contribution in [3.63, 3.8) is 0 Å². The lowest BCUT2D eigenvalue weighted by Crippen LogP contribution is -2.45. The van der Waals surface area contributed by atoms with Crippen molar-refractivity contribution in [1.82, 2.24) is 10.2 Å². The Balaban J connectivity index is 4.46. The molecule has 0 saturated carbocycles. The molecule has 0 aliphatic carbocycles. The van der Waals surface area contributed by atoms with Crippen LogP contribution in [0.15, 0.2) is 0 Å². The Bertz CT molecular complexity index is 201. The molecule has 0 spiro atoms. The lowest BCUT2D eigenvalue weighted by atomic mass is 9.98. The summed E-state index contributed by atoms with van der Waals surface area (Å²) in [5, 5.41) is 3.70. The molecule has 0 aromatic rings. The molecule has 2 atom stereocenters. The van der Waals surface area contributed by atoms with Crippen LogP contribution in [0.3, 0.4) is 0 Å². The van der Waals surface area contributed by atoms with Crippen LogP contribution in [0.4, 0.5) is 0 Å². The van der Waals surface area contributed by atoms with E-state index in [0.29, 0.717) is 6.04 Å². The summed E-state index contributed by atoms with van der Waals surface area (Å²) in [4.78, 5) is 2.69. The minimum absolute atomic E-state index is 0.643. The molecule has 122 valence electrons. The zero-order valence-corrected chi connectivity index (χ0v) is 15.2. The number of likely N-dealkylation sites (N-methyl/N-ethyl adjacent to an activating group) is 1. The fraction of sp³-hybridized carbons (Fsp3) is 1.00. The van der Waals surface area contributed by atoms with E-state index in [1.807, 2.05) is 0 Å². The number of hydrogen-bond acceptors (Lipinski definition) is 2. The maximum atomic E-state index is 3.70. The van der Waals surface area contributed by atoms with Gasteiger partial charge in [-0.3, -0.25) is 0 Å². The van der Waals surface area contributed by atoms with Gasteiger partial charge >= 0.3 is 0 Å². The summed E-state index contributed by atoms with van der Waals surface area (Å²) in [5.74, 6) is 2.37. The molecule has 0 aromatic carbocycles. The van der Waals surface area contributed by atoms with E-state index in [-0.39, 0.29) is 0 Å². The molecule has 2 nitrogen and oxygen atoms in total. The molecule has 2 heteroatoms. The predicted molar refractivity (Wildman–Crippen MR) is 92.3 cm³/mol. The fourth-order valence-corrected chi connectivity index (χ4v) is 2.45. The van der Waals surface area contributed by atoms with Crippen molar-refractivity contribution in [3.05, 3.63) is 0 Å². The molecule has 0 saturated heterocycles. The third-order valence-corrected chi connectivity index (χ3v) is 4.30. The minimum atomic E-state index is 0.643. The first kappa shape index (κ1) is 19.9. The molecule has 0 aromatic heterocycles. The van der Waals surface area contributed by atoms with Gasteiger partial charge in [0.2, 0.25) is 0 Å². The predicted octanol–water partition coefficient (Wildman–Crippen LogP) is 4.40. The molecule has 0 heterocycles. The van der Waals surface area contributed by atoms with Gasteiger partial charge < -0.3 is 10.2 Å². The highest BCUT2D eigenvalue weighted by molar-refractivity contribution is 4.77. The summed E-state index contributed by atoms with van der Waals surface area (Å²) in [6.45, 7) is 21.0. The van der Waals surface area contributed by atoms with Gasteiger partial charge in [-0.15, -0.1) is 0 Å². The van der Waals surface area contributed by atoms with Crippen LogP contribution in [0.25, 0.3) is 0 Å². The van der Waals surface area contributed by atoms with Crippen LogP contribution in [-0.4, -0.2) is 37.1 Å². The van der Waals surface area contributed by atoms with Crippen molar-refractivity contribution >= 4 is 0 Å². The van der Waals surface area contributed by atoms with E-state index in [1.54, 1.807) is 0 Å². The summed E-state index contributed by atoms with van der Waals surface area (Å²) < 4.78 is 0. The highest BCUT2D eigenvalue weighted by Crippen LogP contribution is 2.12. The van der Waals surface area contributed by atoms with E-state index in [2.05, 4.69) is 58.7 Å².